The lowest BCUT2D eigenvalue weighted by molar-refractivity contribution is -0.142. The summed E-state index contributed by atoms with van der Waals surface area (Å²) < 4.78 is 1.28. The molecule has 1 aromatic carbocycles. The van der Waals surface area contributed by atoms with E-state index in [-0.39, 0.29) is 11.3 Å². The van der Waals surface area contributed by atoms with Crippen molar-refractivity contribution in [1.29, 1.82) is 0 Å². The molecule has 0 spiro atoms. The Morgan fingerprint density at radius 2 is 2.15 bits per heavy atom. The molecule has 1 aliphatic rings. The number of aliphatic carboxylic acids is 1. The molecule has 1 heterocycles. The average Bonchev–Trinajstić information content (AvgIpc) is 3.20. The van der Waals surface area contributed by atoms with Gasteiger partial charge in [-0.3, -0.25) is 4.79 Å². The zero-order valence-electron chi connectivity index (χ0n) is 15.9. The van der Waals surface area contributed by atoms with Gasteiger partial charge in [0, 0.05) is 6.54 Å². The first-order valence-corrected chi connectivity index (χ1v) is 10.6. The summed E-state index contributed by atoms with van der Waals surface area (Å²) in [6.07, 6.45) is 7.78. The largest absolute Gasteiger partial charge is 0.481 e. The Morgan fingerprint density at radius 3 is 2.88 bits per heavy atom. The number of rotatable bonds is 9. The summed E-state index contributed by atoms with van der Waals surface area (Å²) in [5.74, 6) is -0.908. The Morgan fingerprint density at radius 1 is 1.38 bits per heavy atom. The van der Waals surface area contributed by atoms with Gasteiger partial charge in [-0.2, -0.15) is 0 Å². The van der Waals surface area contributed by atoms with E-state index in [1.165, 1.54) is 35.9 Å². The third kappa shape index (κ3) is 4.83. The average molecular weight is 375 g/mol. The van der Waals surface area contributed by atoms with Gasteiger partial charge in [-0.05, 0) is 68.7 Å². The number of hydrogen-bond donors (Lipinski definition) is 2. The van der Waals surface area contributed by atoms with Crippen molar-refractivity contribution in [1.82, 2.24) is 10.3 Å². The summed E-state index contributed by atoms with van der Waals surface area (Å²) in [6, 6.07) is 6.59. The number of aryl methyl sites for hydroxylation is 2. The number of nitrogens with zero attached hydrogens (tertiary/aromatic N) is 1. The molecular weight excluding hydrogens is 344 g/mol. The van der Waals surface area contributed by atoms with Gasteiger partial charge in [-0.15, -0.1) is 11.3 Å². The van der Waals surface area contributed by atoms with Crippen LogP contribution in [-0.4, -0.2) is 29.1 Å². The SMILES string of the molecule is Cc1nc2ccc(CCCNCC3(C[C@@H](C)C(=O)O)CCCC3)cc2s1. The molecule has 1 saturated carbocycles. The van der Waals surface area contributed by atoms with Crippen LogP contribution < -0.4 is 5.32 Å². The summed E-state index contributed by atoms with van der Waals surface area (Å²) in [5.41, 5.74) is 2.67. The zero-order valence-corrected chi connectivity index (χ0v) is 16.7. The molecule has 0 aliphatic heterocycles. The van der Waals surface area contributed by atoms with Crippen LogP contribution in [0.25, 0.3) is 10.2 Å². The lowest BCUT2D eigenvalue weighted by atomic mass is 9.78. The minimum Gasteiger partial charge on any atom is -0.481 e. The minimum atomic E-state index is -0.662. The number of fused-ring (bicyclic) bond motifs is 1. The van der Waals surface area contributed by atoms with Gasteiger partial charge in [0.1, 0.15) is 0 Å². The van der Waals surface area contributed by atoms with E-state index < -0.39 is 5.97 Å². The molecule has 5 heteroatoms. The van der Waals surface area contributed by atoms with Gasteiger partial charge in [0.15, 0.2) is 0 Å². The normalized spacial score (nSPS) is 17.6. The maximum atomic E-state index is 11.2. The van der Waals surface area contributed by atoms with Crippen molar-refractivity contribution in [2.75, 3.05) is 13.1 Å². The van der Waals surface area contributed by atoms with Crippen LogP contribution in [0.3, 0.4) is 0 Å². The second-order valence-electron chi connectivity index (χ2n) is 7.97. The molecule has 0 amide bonds. The Labute approximate surface area is 160 Å². The molecule has 4 nitrogen and oxygen atoms in total. The van der Waals surface area contributed by atoms with Gasteiger partial charge in [-0.1, -0.05) is 25.8 Å². The second kappa shape index (κ2) is 8.49. The molecule has 1 aromatic heterocycles. The standard InChI is InChI=1S/C21H30N2O2S/c1-15(20(24)25)13-21(9-3-4-10-21)14-22-11-5-6-17-7-8-18-19(12-17)26-16(2)23-18/h7-8,12,15,22H,3-6,9-11,13-14H2,1-2H3,(H,24,25)/t15-/m1/s1. The van der Waals surface area contributed by atoms with Crippen LogP contribution in [0.4, 0.5) is 0 Å². The van der Waals surface area contributed by atoms with Crippen molar-refractivity contribution in [2.24, 2.45) is 11.3 Å². The predicted molar refractivity (Wildman–Crippen MR) is 108 cm³/mol. The van der Waals surface area contributed by atoms with E-state index in [0.29, 0.717) is 0 Å². The maximum Gasteiger partial charge on any atom is 0.306 e. The first-order chi connectivity index (χ1) is 12.5. The number of aromatic nitrogens is 1. The molecule has 2 aromatic rings. The first kappa shape index (κ1) is 19.3. The Hall–Kier alpha value is -1.46. The van der Waals surface area contributed by atoms with Crippen LogP contribution in [0.5, 0.6) is 0 Å². The van der Waals surface area contributed by atoms with Gasteiger partial charge in [-0.25, -0.2) is 4.98 Å². The van der Waals surface area contributed by atoms with Gasteiger partial charge >= 0.3 is 5.97 Å². The van der Waals surface area contributed by atoms with Gasteiger partial charge in [0.25, 0.3) is 0 Å². The van der Waals surface area contributed by atoms with Crippen molar-refractivity contribution >= 4 is 27.5 Å². The van der Waals surface area contributed by atoms with Gasteiger partial charge < -0.3 is 10.4 Å². The Kier molecular flexibility index (Phi) is 6.30. The second-order valence-corrected chi connectivity index (χ2v) is 9.20. The van der Waals surface area contributed by atoms with E-state index in [1.807, 2.05) is 6.92 Å². The quantitative estimate of drug-likeness (QED) is 0.619. The minimum absolute atomic E-state index is 0.191. The van der Waals surface area contributed by atoms with Crippen LogP contribution in [0, 0.1) is 18.3 Å². The van der Waals surface area contributed by atoms with Gasteiger partial charge in [0.2, 0.25) is 0 Å². The molecular formula is C21H30N2O2S. The van der Waals surface area contributed by atoms with E-state index in [9.17, 15) is 9.90 Å². The summed E-state index contributed by atoms with van der Waals surface area (Å²) >= 11 is 1.76. The fraction of sp³-hybridized carbons (Fsp3) is 0.619. The van der Waals surface area contributed by atoms with Crippen molar-refractivity contribution in [3.05, 3.63) is 28.8 Å². The third-order valence-corrected chi connectivity index (χ3v) is 6.64. The molecule has 142 valence electrons. The molecule has 0 saturated heterocycles. The number of hydrogen-bond acceptors (Lipinski definition) is 4. The fourth-order valence-corrected chi connectivity index (χ4v) is 5.22. The van der Waals surface area contributed by atoms with E-state index in [2.05, 4.69) is 35.4 Å². The molecule has 3 rings (SSSR count). The number of nitrogens with one attached hydrogen (secondary N) is 1. The van der Waals surface area contributed by atoms with Crippen LogP contribution >= 0.6 is 11.3 Å². The number of benzene rings is 1. The summed E-state index contributed by atoms with van der Waals surface area (Å²) in [5, 5.41) is 14.0. The maximum absolute atomic E-state index is 11.2. The van der Waals surface area contributed by atoms with Crippen LogP contribution in [-0.2, 0) is 11.2 Å². The topological polar surface area (TPSA) is 62.2 Å². The smallest absolute Gasteiger partial charge is 0.306 e. The molecule has 1 atom stereocenters. The molecule has 26 heavy (non-hydrogen) atoms. The molecule has 0 unspecified atom stereocenters. The van der Waals surface area contributed by atoms with Crippen LogP contribution in [0.15, 0.2) is 18.2 Å². The molecule has 2 N–H and O–H groups in total. The highest BCUT2D eigenvalue weighted by Gasteiger charge is 2.36. The summed E-state index contributed by atoms with van der Waals surface area (Å²) in [4.78, 5) is 15.7. The zero-order chi connectivity index (χ0) is 18.6. The number of carbonyl (C=O) groups is 1. The highest BCUT2D eigenvalue weighted by atomic mass is 32.1. The molecule has 1 aliphatic carbocycles. The van der Waals surface area contributed by atoms with E-state index in [1.54, 1.807) is 11.3 Å². The van der Waals surface area contributed by atoms with Gasteiger partial charge in [0.05, 0.1) is 21.1 Å². The van der Waals surface area contributed by atoms with E-state index in [0.717, 1.165) is 42.9 Å². The highest BCUT2D eigenvalue weighted by Crippen LogP contribution is 2.42. The van der Waals surface area contributed by atoms with E-state index >= 15 is 0 Å². The summed E-state index contributed by atoms with van der Waals surface area (Å²) in [7, 11) is 0. The fourth-order valence-electron chi connectivity index (χ4n) is 4.33. The van der Waals surface area contributed by atoms with Crippen molar-refractivity contribution in [2.45, 2.75) is 58.8 Å². The third-order valence-electron chi connectivity index (χ3n) is 5.70. The predicted octanol–water partition coefficient (Wildman–Crippen LogP) is 4.80. The van der Waals surface area contributed by atoms with Crippen molar-refractivity contribution in [3.8, 4) is 0 Å². The molecule has 0 bridgehead atoms. The number of carboxylic acid groups (broad SMARTS) is 1. The molecule has 0 radical (unpaired) electrons. The Balaban J connectivity index is 1.45. The first-order valence-electron chi connectivity index (χ1n) is 9.77. The molecule has 1 fully saturated rings. The monoisotopic (exact) mass is 374 g/mol. The van der Waals surface area contributed by atoms with Crippen molar-refractivity contribution in [3.63, 3.8) is 0 Å². The lowest BCUT2D eigenvalue weighted by Crippen LogP contribution is -2.35. The van der Waals surface area contributed by atoms with Crippen LogP contribution in [0.1, 0.15) is 56.0 Å². The Bertz CT molecular complexity index is 750. The van der Waals surface area contributed by atoms with E-state index in [4.69, 9.17) is 0 Å². The highest BCUT2D eigenvalue weighted by molar-refractivity contribution is 7.18. The van der Waals surface area contributed by atoms with Crippen LogP contribution in [0.2, 0.25) is 0 Å². The van der Waals surface area contributed by atoms with Crippen molar-refractivity contribution < 1.29 is 9.90 Å². The summed E-state index contributed by atoms with van der Waals surface area (Å²) in [6.45, 7) is 5.85. The number of carboxylic acids is 1. The number of thiazole rings is 1. The lowest BCUT2D eigenvalue weighted by Gasteiger charge is -2.31.